The quantitative estimate of drug-likeness (QED) is 0.533. The molecule has 0 radical (unpaired) electrons. The van der Waals surface area contributed by atoms with Gasteiger partial charge in [0.05, 0.1) is 17.7 Å². The van der Waals surface area contributed by atoms with Crippen LogP contribution < -0.4 is 11.1 Å². The summed E-state index contributed by atoms with van der Waals surface area (Å²) in [5.41, 5.74) is 11.2. The normalized spacial score (nSPS) is 10.0. The molecule has 6 heteroatoms. The van der Waals surface area contributed by atoms with Gasteiger partial charge in [0, 0.05) is 21.8 Å². The molecule has 0 saturated heterocycles. The predicted octanol–water partition coefficient (Wildman–Crippen LogP) is 5.80. The molecule has 0 fully saturated rings. The molecule has 0 aliphatic heterocycles. The van der Waals surface area contributed by atoms with E-state index in [-0.39, 0.29) is 5.91 Å². The Morgan fingerprint density at radius 3 is 2.63 bits per heavy atom. The minimum absolute atomic E-state index is 0.159. The maximum atomic E-state index is 11.7. The Kier molecular flexibility index (Phi) is 6.85. The van der Waals surface area contributed by atoms with Gasteiger partial charge in [0.15, 0.2) is 0 Å². The van der Waals surface area contributed by atoms with E-state index in [2.05, 4.69) is 22.3 Å². The van der Waals surface area contributed by atoms with Crippen molar-refractivity contribution in [3.63, 3.8) is 0 Å². The van der Waals surface area contributed by atoms with Crippen LogP contribution in [0.3, 0.4) is 0 Å². The molecular weight excluding hydrogens is 392 g/mol. The van der Waals surface area contributed by atoms with Crippen molar-refractivity contribution in [3.8, 4) is 23.3 Å². The molecule has 150 valence electrons. The second kappa shape index (κ2) is 9.73. The average molecular weight is 416 g/mol. The van der Waals surface area contributed by atoms with Crippen molar-refractivity contribution in [3.05, 3.63) is 74.9 Å². The molecule has 0 aliphatic carbocycles. The third-order valence-electron chi connectivity index (χ3n) is 4.65. The highest BCUT2D eigenvalue weighted by molar-refractivity contribution is 7.16. The highest BCUT2D eigenvalue weighted by Crippen LogP contribution is 2.35. The number of aryl methyl sites for hydroxylation is 1. The molecule has 2 aromatic carbocycles. The molecule has 1 amide bonds. The summed E-state index contributed by atoms with van der Waals surface area (Å²) >= 11 is 1.42. The standard InChI is InChI=1S/C24H23N4OS/c1-3-6-22(29)27-15-19-7-4-5-8-20(19)18-11-9-17(10-12-18)14-28-23-21(13-25)16(2)30-24(23)26/h4-5,7-12,28H,3,6,14,26H2,1-2H3/q+1. The van der Waals surface area contributed by atoms with Crippen molar-refractivity contribution in [2.45, 2.75) is 33.2 Å². The Labute approximate surface area is 180 Å². The van der Waals surface area contributed by atoms with Crippen LogP contribution in [0.25, 0.3) is 16.0 Å². The monoisotopic (exact) mass is 415 g/mol. The lowest BCUT2D eigenvalue weighted by molar-refractivity contribution is -0.114. The Morgan fingerprint density at radius 2 is 1.93 bits per heavy atom. The molecule has 1 aromatic heterocycles. The fraction of sp³-hybridized carbons (Fsp3) is 0.208. The van der Waals surface area contributed by atoms with E-state index in [1.807, 2.05) is 62.4 Å². The zero-order valence-corrected chi connectivity index (χ0v) is 17.8. The molecule has 0 atom stereocenters. The first kappa shape index (κ1) is 21.1. The number of nitrogens with one attached hydrogen (secondary N) is 1. The number of nitriles is 1. The zero-order valence-electron chi connectivity index (χ0n) is 17.0. The number of hydrogen-bond donors (Lipinski definition) is 2. The lowest BCUT2D eigenvalue weighted by Crippen LogP contribution is -2.02. The van der Waals surface area contributed by atoms with E-state index in [1.165, 1.54) is 11.3 Å². The van der Waals surface area contributed by atoms with Gasteiger partial charge in [-0.25, -0.2) is 4.79 Å². The van der Waals surface area contributed by atoms with Gasteiger partial charge in [0.25, 0.3) is 0 Å². The van der Waals surface area contributed by atoms with Crippen molar-refractivity contribution in [2.75, 3.05) is 11.1 Å². The first-order valence-electron chi connectivity index (χ1n) is 9.74. The SMILES string of the molecule is CCCC(=O)[N+]#Cc1ccccc1-c1ccc(CNc2c(N)sc(C)c2C#N)cc1. The largest absolute Gasteiger partial charge is 0.515 e. The smallest absolute Gasteiger partial charge is 0.389 e. The molecule has 1 heterocycles. The summed E-state index contributed by atoms with van der Waals surface area (Å²) in [5.74, 6) is -0.159. The topological polar surface area (TPSA) is 83.3 Å². The van der Waals surface area contributed by atoms with E-state index in [9.17, 15) is 10.1 Å². The number of rotatable bonds is 6. The Morgan fingerprint density at radius 1 is 1.20 bits per heavy atom. The van der Waals surface area contributed by atoms with Crippen LogP contribution in [0, 0.1) is 24.3 Å². The van der Waals surface area contributed by atoms with Gasteiger partial charge >= 0.3 is 12.0 Å². The lowest BCUT2D eigenvalue weighted by Gasteiger charge is -2.08. The lowest BCUT2D eigenvalue weighted by atomic mass is 9.99. The number of thiophene rings is 1. The summed E-state index contributed by atoms with van der Waals surface area (Å²) < 4.78 is 0. The Hall–Kier alpha value is -3.61. The van der Waals surface area contributed by atoms with Crippen LogP contribution in [-0.4, -0.2) is 5.91 Å². The van der Waals surface area contributed by atoms with Crippen molar-refractivity contribution < 1.29 is 4.79 Å². The second-order valence-corrected chi connectivity index (χ2v) is 8.10. The van der Waals surface area contributed by atoms with Gasteiger partial charge in [0.2, 0.25) is 0 Å². The number of anilines is 2. The van der Waals surface area contributed by atoms with Gasteiger partial charge in [-0.2, -0.15) is 5.26 Å². The van der Waals surface area contributed by atoms with E-state index < -0.39 is 0 Å². The third-order valence-corrected chi connectivity index (χ3v) is 5.58. The molecule has 0 unspecified atom stereocenters. The summed E-state index contributed by atoms with van der Waals surface area (Å²) in [6.07, 6.45) is 1.20. The number of nitrogens with two attached hydrogens (primary N) is 1. The van der Waals surface area contributed by atoms with Crippen molar-refractivity contribution in [1.29, 1.82) is 5.26 Å². The van der Waals surface area contributed by atoms with E-state index in [0.717, 1.165) is 33.6 Å². The van der Waals surface area contributed by atoms with Crippen LogP contribution in [0.1, 0.15) is 41.3 Å². The van der Waals surface area contributed by atoms with Crippen LogP contribution >= 0.6 is 11.3 Å². The van der Waals surface area contributed by atoms with Crippen LogP contribution in [0.2, 0.25) is 0 Å². The average Bonchev–Trinajstić information content (AvgIpc) is 3.03. The summed E-state index contributed by atoms with van der Waals surface area (Å²) in [6.45, 7) is 4.41. The minimum atomic E-state index is -0.159. The first-order valence-corrected chi connectivity index (χ1v) is 10.6. The number of carbonyl (C=O) groups is 1. The summed E-state index contributed by atoms with van der Waals surface area (Å²) in [5, 5.41) is 13.2. The highest BCUT2D eigenvalue weighted by Gasteiger charge is 2.14. The number of carbonyl (C=O) groups excluding carboxylic acids is 1. The van der Waals surface area contributed by atoms with Crippen LogP contribution in [0.5, 0.6) is 0 Å². The number of nitrogen functional groups attached to an aromatic ring is 1. The maximum Gasteiger partial charge on any atom is 0.515 e. The van der Waals surface area contributed by atoms with Crippen LogP contribution in [0.15, 0.2) is 48.5 Å². The number of nitrogens with zero attached hydrogens (tertiary/aromatic N) is 2. The summed E-state index contributed by atoms with van der Waals surface area (Å²) in [7, 11) is 0. The summed E-state index contributed by atoms with van der Waals surface area (Å²) in [4.78, 5) is 16.6. The molecule has 0 aliphatic rings. The molecule has 5 nitrogen and oxygen atoms in total. The number of benzene rings is 2. The van der Waals surface area contributed by atoms with Crippen molar-refractivity contribution >= 4 is 27.9 Å². The fourth-order valence-electron chi connectivity index (χ4n) is 3.09. The molecule has 0 saturated carbocycles. The minimum Gasteiger partial charge on any atom is -0.389 e. The molecule has 3 rings (SSSR count). The first-order chi connectivity index (χ1) is 14.5. The van der Waals surface area contributed by atoms with E-state index in [1.54, 1.807) is 0 Å². The van der Waals surface area contributed by atoms with Crippen LogP contribution in [-0.2, 0) is 11.3 Å². The fourth-order valence-corrected chi connectivity index (χ4v) is 3.95. The summed E-state index contributed by atoms with van der Waals surface area (Å²) in [6, 6.07) is 21.0. The number of hydrogen-bond acceptors (Lipinski definition) is 5. The Balaban J connectivity index is 1.77. The van der Waals surface area contributed by atoms with Gasteiger partial charge in [-0.15, -0.1) is 11.3 Å². The molecule has 3 N–H and O–H groups in total. The van der Waals surface area contributed by atoms with Gasteiger partial charge < -0.3 is 11.1 Å². The highest BCUT2D eigenvalue weighted by atomic mass is 32.1. The van der Waals surface area contributed by atoms with E-state index in [0.29, 0.717) is 29.2 Å². The molecular formula is C24H23N4OS+. The molecule has 30 heavy (non-hydrogen) atoms. The predicted molar refractivity (Wildman–Crippen MR) is 124 cm³/mol. The van der Waals surface area contributed by atoms with Gasteiger partial charge in [-0.1, -0.05) is 49.4 Å². The zero-order chi connectivity index (χ0) is 21.5. The maximum absolute atomic E-state index is 11.7. The van der Waals surface area contributed by atoms with Crippen molar-refractivity contribution in [2.24, 2.45) is 0 Å². The second-order valence-electron chi connectivity index (χ2n) is 6.85. The van der Waals surface area contributed by atoms with Gasteiger partial charge in [-0.3, -0.25) is 0 Å². The van der Waals surface area contributed by atoms with E-state index in [4.69, 9.17) is 5.73 Å². The van der Waals surface area contributed by atoms with Crippen molar-refractivity contribution in [1.82, 2.24) is 0 Å². The molecule has 0 spiro atoms. The van der Waals surface area contributed by atoms with Gasteiger partial charge in [-0.05, 0) is 30.5 Å². The van der Waals surface area contributed by atoms with Crippen LogP contribution in [0.4, 0.5) is 10.7 Å². The van der Waals surface area contributed by atoms with Gasteiger partial charge in [0.1, 0.15) is 16.6 Å². The number of amides is 1. The van der Waals surface area contributed by atoms with E-state index >= 15 is 0 Å². The Bertz CT molecular complexity index is 1160. The molecule has 3 aromatic rings. The third kappa shape index (κ3) is 4.86. The molecule has 0 bridgehead atoms.